The Morgan fingerprint density at radius 3 is 1.00 bits per heavy atom. The third-order valence-corrected chi connectivity index (χ3v) is 8.99. The molecule has 0 aliphatic carbocycles. The average Bonchev–Trinajstić information content (AvgIpc) is 3.54. The minimum atomic E-state index is 1.02. The fourth-order valence-corrected chi connectivity index (χ4v) is 6.87. The molecule has 0 aliphatic rings. The van der Waals surface area contributed by atoms with Crippen LogP contribution in [0.4, 0.5) is 0 Å². The van der Waals surface area contributed by atoms with Crippen LogP contribution in [-0.2, 0) is 12.8 Å². The number of hydrogen-bond acceptors (Lipinski definition) is 0. The Bertz CT molecular complexity index is 2010. The first kappa shape index (κ1) is 24.7. The zero-order chi connectivity index (χ0) is 28.2. The van der Waals surface area contributed by atoms with Gasteiger partial charge in [-0.15, -0.1) is 0 Å². The van der Waals surface area contributed by atoms with Gasteiger partial charge in [0.05, 0.1) is 22.1 Å². The molecule has 2 heterocycles. The van der Waals surface area contributed by atoms with Crippen molar-refractivity contribution >= 4 is 43.6 Å². The number of hydrogen-bond donors (Lipinski definition) is 0. The molecule has 8 rings (SSSR count). The highest BCUT2D eigenvalue weighted by Gasteiger charge is 2.14. The molecule has 6 aromatic carbocycles. The van der Waals surface area contributed by atoms with Gasteiger partial charge in [-0.25, -0.2) is 0 Å². The van der Waals surface area contributed by atoms with E-state index in [9.17, 15) is 0 Å². The normalized spacial score (nSPS) is 11.8. The molecule has 42 heavy (non-hydrogen) atoms. The maximum absolute atomic E-state index is 2.40. The van der Waals surface area contributed by atoms with Crippen molar-refractivity contribution in [1.82, 2.24) is 9.13 Å². The maximum atomic E-state index is 2.40. The fraction of sp³-hybridized carbons (Fsp3) is 0.100. The van der Waals surface area contributed by atoms with Gasteiger partial charge in [0.15, 0.2) is 0 Å². The summed E-state index contributed by atoms with van der Waals surface area (Å²) in [6, 6.07) is 48.8. The number of fused-ring (bicyclic) bond motifs is 6. The van der Waals surface area contributed by atoms with Crippen LogP contribution in [0.15, 0.2) is 133 Å². The Morgan fingerprint density at radius 1 is 0.381 bits per heavy atom. The summed E-state index contributed by atoms with van der Waals surface area (Å²) in [6.45, 7) is 4.51. The third-order valence-electron chi connectivity index (χ3n) is 8.99. The van der Waals surface area contributed by atoms with Crippen molar-refractivity contribution in [2.45, 2.75) is 26.7 Å². The highest BCUT2D eigenvalue weighted by Crippen LogP contribution is 2.34. The number of rotatable bonds is 5. The molecule has 0 amide bonds. The molecule has 0 aliphatic heterocycles. The zero-order valence-electron chi connectivity index (χ0n) is 24.0. The molecule has 0 saturated heterocycles. The largest absolute Gasteiger partial charge is 0.309 e. The summed E-state index contributed by atoms with van der Waals surface area (Å²) < 4.78 is 4.80. The minimum Gasteiger partial charge on any atom is -0.309 e. The molecule has 0 N–H and O–H groups in total. The first-order valence-electron chi connectivity index (χ1n) is 14.8. The van der Waals surface area contributed by atoms with Gasteiger partial charge in [-0.3, -0.25) is 0 Å². The van der Waals surface area contributed by atoms with Gasteiger partial charge in [-0.05, 0) is 97.5 Å². The average molecular weight is 541 g/mol. The minimum absolute atomic E-state index is 1.02. The molecule has 0 saturated carbocycles. The topological polar surface area (TPSA) is 9.86 Å². The van der Waals surface area contributed by atoms with E-state index in [2.05, 4.69) is 156 Å². The van der Waals surface area contributed by atoms with Crippen LogP contribution in [0.25, 0.3) is 55.0 Å². The lowest BCUT2D eigenvalue weighted by Crippen LogP contribution is -2.01. The van der Waals surface area contributed by atoms with Crippen molar-refractivity contribution in [1.29, 1.82) is 0 Å². The zero-order valence-corrected chi connectivity index (χ0v) is 24.0. The van der Waals surface area contributed by atoms with E-state index in [4.69, 9.17) is 0 Å². The predicted molar refractivity (Wildman–Crippen MR) is 178 cm³/mol. The molecule has 0 atom stereocenters. The first-order valence-corrected chi connectivity index (χ1v) is 14.8. The SMILES string of the molecule is Cc1cc(-n2c3ccccc3c3ccccc32)ccc1CCc1ccc(-n2c3ccccc3c3ccccc32)cc1C. The van der Waals surface area contributed by atoms with Gasteiger partial charge in [0.2, 0.25) is 0 Å². The molecule has 8 aromatic rings. The van der Waals surface area contributed by atoms with E-state index in [0.717, 1.165) is 12.8 Å². The van der Waals surface area contributed by atoms with Crippen molar-refractivity contribution < 1.29 is 0 Å². The Balaban J connectivity index is 1.10. The van der Waals surface area contributed by atoms with Gasteiger partial charge in [0.1, 0.15) is 0 Å². The van der Waals surface area contributed by atoms with Crippen LogP contribution < -0.4 is 0 Å². The Labute approximate surface area is 246 Å². The van der Waals surface area contributed by atoms with E-state index in [1.54, 1.807) is 0 Å². The van der Waals surface area contributed by atoms with E-state index in [1.165, 1.54) is 77.2 Å². The number of para-hydroxylation sites is 4. The van der Waals surface area contributed by atoms with Gasteiger partial charge < -0.3 is 9.13 Å². The smallest absolute Gasteiger partial charge is 0.0541 e. The van der Waals surface area contributed by atoms with Crippen molar-refractivity contribution in [2.75, 3.05) is 0 Å². The third kappa shape index (κ3) is 3.87. The summed E-state index contributed by atoms with van der Waals surface area (Å²) in [4.78, 5) is 0. The molecular formula is C40H32N2. The van der Waals surface area contributed by atoms with Crippen LogP contribution in [0, 0.1) is 13.8 Å². The van der Waals surface area contributed by atoms with Crippen LogP contribution in [0.2, 0.25) is 0 Å². The second kappa shape index (κ2) is 9.78. The number of nitrogens with zero attached hydrogens (tertiary/aromatic N) is 2. The van der Waals surface area contributed by atoms with Crippen LogP contribution in [0.1, 0.15) is 22.3 Å². The lowest BCUT2D eigenvalue weighted by molar-refractivity contribution is 0.935. The molecule has 2 nitrogen and oxygen atoms in total. The standard InChI is InChI=1S/C40H32N2/c1-27-25-31(41-37-15-7-3-11-33(37)34-12-4-8-16-38(34)41)23-21-29(27)19-20-30-22-24-32(26-28(30)2)42-39-17-9-5-13-35(39)36-14-6-10-18-40(36)42/h3-18,21-26H,19-20H2,1-2H3. The molecule has 0 radical (unpaired) electrons. The Hall–Kier alpha value is -5.08. The monoisotopic (exact) mass is 540 g/mol. The second-order valence-electron chi connectivity index (χ2n) is 11.5. The van der Waals surface area contributed by atoms with Crippen LogP contribution >= 0.6 is 0 Å². The molecule has 0 fully saturated rings. The summed E-state index contributed by atoms with van der Waals surface area (Å²) in [5, 5.41) is 5.20. The summed E-state index contributed by atoms with van der Waals surface area (Å²) in [7, 11) is 0. The lowest BCUT2D eigenvalue weighted by Gasteiger charge is -2.14. The van der Waals surface area contributed by atoms with Crippen molar-refractivity contribution in [3.8, 4) is 11.4 Å². The fourth-order valence-electron chi connectivity index (χ4n) is 6.87. The van der Waals surface area contributed by atoms with Crippen LogP contribution in [-0.4, -0.2) is 9.13 Å². The molecule has 0 unspecified atom stereocenters. The highest BCUT2D eigenvalue weighted by molar-refractivity contribution is 6.10. The maximum Gasteiger partial charge on any atom is 0.0541 e. The lowest BCUT2D eigenvalue weighted by atomic mass is 9.97. The van der Waals surface area contributed by atoms with Gasteiger partial charge in [-0.1, -0.05) is 84.9 Å². The van der Waals surface area contributed by atoms with Gasteiger partial charge in [0, 0.05) is 32.9 Å². The summed E-state index contributed by atoms with van der Waals surface area (Å²) in [5.41, 5.74) is 13.0. The quantitative estimate of drug-likeness (QED) is 0.205. The highest BCUT2D eigenvalue weighted by atomic mass is 15.0. The molecular weight excluding hydrogens is 508 g/mol. The van der Waals surface area contributed by atoms with Crippen LogP contribution in [0.5, 0.6) is 0 Å². The second-order valence-corrected chi connectivity index (χ2v) is 11.5. The Morgan fingerprint density at radius 2 is 0.690 bits per heavy atom. The van der Waals surface area contributed by atoms with E-state index >= 15 is 0 Å². The van der Waals surface area contributed by atoms with Gasteiger partial charge in [-0.2, -0.15) is 0 Å². The van der Waals surface area contributed by atoms with Crippen molar-refractivity contribution in [3.63, 3.8) is 0 Å². The molecule has 0 bridgehead atoms. The molecule has 202 valence electrons. The first-order chi connectivity index (χ1) is 20.7. The van der Waals surface area contributed by atoms with Crippen molar-refractivity contribution in [2.24, 2.45) is 0 Å². The molecule has 2 heteroatoms. The molecule has 0 spiro atoms. The number of aryl methyl sites for hydroxylation is 4. The summed E-state index contributed by atoms with van der Waals surface area (Å²) in [6.07, 6.45) is 2.05. The van der Waals surface area contributed by atoms with Crippen molar-refractivity contribution in [3.05, 3.63) is 156 Å². The number of aromatic nitrogens is 2. The van der Waals surface area contributed by atoms with E-state index in [-0.39, 0.29) is 0 Å². The van der Waals surface area contributed by atoms with Crippen LogP contribution in [0.3, 0.4) is 0 Å². The Kier molecular flexibility index (Phi) is 5.75. The van der Waals surface area contributed by atoms with E-state index in [1.807, 2.05) is 0 Å². The van der Waals surface area contributed by atoms with Gasteiger partial charge in [0.25, 0.3) is 0 Å². The summed E-state index contributed by atoms with van der Waals surface area (Å²) in [5.74, 6) is 0. The van der Waals surface area contributed by atoms with Gasteiger partial charge >= 0.3 is 0 Å². The summed E-state index contributed by atoms with van der Waals surface area (Å²) >= 11 is 0. The number of benzene rings is 6. The predicted octanol–water partition coefficient (Wildman–Crippen LogP) is 10.3. The molecule has 2 aromatic heterocycles. The van der Waals surface area contributed by atoms with E-state index < -0.39 is 0 Å². The van der Waals surface area contributed by atoms with E-state index in [0.29, 0.717) is 0 Å².